The summed E-state index contributed by atoms with van der Waals surface area (Å²) >= 11 is 3.62. The van der Waals surface area contributed by atoms with Crippen LogP contribution >= 0.6 is 53.2 Å². The van der Waals surface area contributed by atoms with Crippen LogP contribution in [0.25, 0.3) is 22.4 Å². The van der Waals surface area contributed by atoms with Crippen LogP contribution in [-0.2, 0) is 13.1 Å². The van der Waals surface area contributed by atoms with Gasteiger partial charge in [0.2, 0.25) is 11.5 Å². The molecule has 0 bridgehead atoms. The van der Waals surface area contributed by atoms with Crippen molar-refractivity contribution in [3.63, 3.8) is 0 Å². The van der Waals surface area contributed by atoms with E-state index in [-0.39, 0.29) is 37.2 Å². The molecule has 2 aromatic heterocycles. The van der Waals surface area contributed by atoms with Gasteiger partial charge < -0.3 is 33.3 Å². The van der Waals surface area contributed by atoms with Crippen LogP contribution in [0.1, 0.15) is 24.0 Å². The van der Waals surface area contributed by atoms with Crippen LogP contribution in [0.5, 0.6) is 34.5 Å². The van der Waals surface area contributed by atoms with Crippen LogP contribution in [0.15, 0.2) is 89.8 Å². The number of piperidine rings is 1. The van der Waals surface area contributed by atoms with Crippen molar-refractivity contribution < 1.29 is 28.4 Å². The fourth-order valence-corrected chi connectivity index (χ4v) is 7.11. The van der Waals surface area contributed by atoms with Gasteiger partial charge in [-0.15, -0.1) is 37.2 Å². The van der Waals surface area contributed by atoms with E-state index in [1.54, 1.807) is 42.7 Å². The zero-order valence-corrected chi connectivity index (χ0v) is 35.8. The zero-order valence-electron chi connectivity index (χ0n) is 31.7. The third kappa shape index (κ3) is 10.6. The van der Waals surface area contributed by atoms with Gasteiger partial charge in [0.05, 0.1) is 48.4 Å². The van der Waals surface area contributed by atoms with E-state index in [1.165, 1.54) is 11.3 Å². The van der Waals surface area contributed by atoms with Gasteiger partial charge in [0.1, 0.15) is 0 Å². The Balaban J connectivity index is 0.00000271. The first-order chi connectivity index (χ1) is 25.4. The molecular formula is C41H48BrCl3N4O6. The predicted molar refractivity (Wildman–Crippen MR) is 229 cm³/mol. The summed E-state index contributed by atoms with van der Waals surface area (Å²) in [4.78, 5) is 14.4. The topological polar surface area (TPSA) is 87.6 Å². The van der Waals surface area contributed by atoms with Crippen LogP contribution in [0.2, 0.25) is 0 Å². The first-order valence-electron chi connectivity index (χ1n) is 17.1. The molecule has 3 aromatic carbocycles. The van der Waals surface area contributed by atoms with Gasteiger partial charge in [-0.2, -0.15) is 0 Å². The SMILES string of the molecule is COc1cc(-c2cncc(CN3CCC(N(Cc4ccnc(-c5cc(OC)c(OC)c(OC)c5)c4)c4ccc(Br)cc4)CC3)c2)cc(OC)c1OC.Cl.Cl.Cl. The van der Waals surface area contributed by atoms with Crippen molar-refractivity contribution in [1.29, 1.82) is 0 Å². The molecule has 0 N–H and O–H groups in total. The summed E-state index contributed by atoms with van der Waals surface area (Å²) in [5.74, 6) is 3.54. The lowest BCUT2D eigenvalue weighted by Crippen LogP contribution is -2.44. The van der Waals surface area contributed by atoms with Crippen molar-refractivity contribution in [3.8, 4) is 56.9 Å². The second-order valence-corrected chi connectivity index (χ2v) is 13.5. The fraction of sp³-hybridized carbons (Fsp3) is 0.317. The molecule has 0 atom stereocenters. The average molecular weight is 879 g/mol. The van der Waals surface area contributed by atoms with E-state index in [4.69, 9.17) is 33.4 Å². The highest BCUT2D eigenvalue weighted by Crippen LogP contribution is 2.42. The molecule has 296 valence electrons. The molecule has 0 aliphatic carbocycles. The highest BCUT2D eigenvalue weighted by atomic mass is 79.9. The van der Waals surface area contributed by atoms with Crippen molar-refractivity contribution in [1.82, 2.24) is 14.9 Å². The summed E-state index contributed by atoms with van der Waals surface area (Å²) < 4.78 is 34.5. The molecule has 5 aromatic rings. The van der Waals surface area contributed by atoms with Gasteiger partial charge in [-0.25, -0.2) is 0 Å². The Bertz CT molecular complexity index is 1930. The number of likely N-dealkylation sites (tertiary alicyclic amines) is 1. The maximum absolute atomic E-state index is 5.61. The minimum absolute atomic E-state index is 0. The Morgan fingerprint density at radius 1 is 0.636 bits per heavy atom. The molecule has 0 unspecified atom stereocenters. The summed E-state index contributed by atoms with van der Waals surface area (Å²) in [5.41, 5.74) is 7.20. The molecular weight excluding hydrogens is 831 g/mol. The third-order valence-corrected chi connectivity index (χ3v) is 10.0. The summed E-state index contributed by atoms with van der Waals surface area (Å²) in [6, 6.07) is 23.2. The van der Waals surface area contributed by atoms with Gasteiger partial charge in [0.25, 0.3) is 0 Å². The zero-order chi connectivity index (χ0) is 36.6. The minimum atomic E-state index is 0. The number of halogens is 4. The molecule has 10 nitrogen and oxygen atoms in total. The Morgan fingerprint density at radius 3 is 1.71 bits per heavy atom. The van der Waals surface area contributed by atoms with Crippen LogP contribution < -0.4 is 33.3 Å². The Labute approximate surface area is 350 Å². The number of hydrogen-bond donors (Lipinski definition) is 0. The number of pyridine rings is 2. The van der Waals surface area contributed by atoms with E-state index in [2.05, 4.69) is 73.2 Å². The number of aromatic nitrogens is 2. The number of hydrogen-bond acceptors (Lipinski definition) is 10. The van der Waals surface area contributed by atoms with Crippen molar-refractivity contribution in [3.05, 3.63) is 101 Å². The van der Waals surface area contributed by atoms with Gasteiger partial charge >= 0.3 is 0 Å². The van der Waals surface area contributed by atoms with Gasteiger partial charge in [-0.1, -0.05) is 15.9 Å². The number of benzene rings is 3. The highest BCUT2D eigenvalue weighted by Gasteiger charge is 2.26. The van der Waals surface area contributed by atoms with E-state index in [9.17, 15) is 0 Å². The normalized spacial score (nSPS) is 12.6. The lowest BCUT2D eigenvalue weighted by Gasteiger charge is -2.40. The average Bonchev–Trinajstić information content (AvgIpc) is 3.19. The van der Waals surface area contributed by atoms with E-state index < -0.39 is 0 Å². The Morgan fingerprint density at radius 2 is 1.18 bits per heavy atom. The van der Waals surface area contributed by atoms with Crippen molar-refractivity contribution in [2.24, 2.45) is 0 Å². The first-order valence-corrected chi connectivity index (χ1v) is 17.9. The maximum atomic E-state index is 5.61. The second-order valence-electron chi connectivity index (χ2n) is 12.6. The van der Waals surface area contributed by atoms with Crippen molar-refractivity contribution in [2.45, 2.75) is 32.0 Å². The maximum Gasteiger partial charge on any atom is 0.203 e. The standard InChI is InChI=1S/C41H45BrN4O6.3ClH/c1-47-36-19-29(20-37(48-2)40(36)51-5)31-17-28(23-43-24-31)25-45-15-12-34(13-16-45)46(33-9-7-32(42)8-10-33)26-27-11-14-44-35(18-27)30-21-38(49-3)41(52-6)39(22-30)50-4;;;/h7-11,14,17-24,34H,12-13,15-16,25-26H2,1-6H3;3*1H. The Hall–Kier alpha value is -4.13. The molecule has 1 aliphatic heterocycles. The Kier molecular flexibility index (Phi) is 17.5. The van der Waals surface area contributed by atoms with E-state index in [0.717, 1.165) is 71.4 Å². The monoisotopic (exact) mass is 876 g/mol. The molecule has 0 amide bonds. The molecule has 55 heavy (non-hydrogen) atoms. The second kappa shape index (κ2) is 21.2. The van der Waals surface area contributed by atoms with Gasteiger partial charge in [-0.3, -0.25) is 14.9 Å². The fourth-order valence-electron chi connectivity index (χ4n) is 6.85. The number of nitrogens with zero attached hydrogens (tertiary/aromatic N) is 4. The van der Waals surface area contributed by atoms with Gasteiger partial charge in [0, 0.05) is 72.1 Å². The molecule has 0 radical (unpaired) electrons. The van der Waals surface area contributed by atoms with E-state index in [1.807, 2.05) is 42.9 Å². The van der Waals surface area contributed by atoms with Crippen molar-refractivity contribution in [2.75, 3.05) is 60.6 Å². The minimum Gasteiger partial charge on any atom is -0.493 e. The summed E-state index contributed by atoms with van der Waals surface area (Å²) in [6.07, 6.45) is 7.76. The molecule has 0 spiro atoms. The van der Waals surface area contributed by atoms with Crippen LogP contribution in [0, 0.1) is 0 Å². The largest absolute Gasteiger partial charge is 0.493 e. The number of ether oxygens (including phenoxy) is 6. The smallest absolute Gasteiger partial charge is 0.203 e. The van der Waals surface area contributed by atoms with Crippen LogP contribution in [0.4, 0.5) is 5.69 Å². The summed E-state index contributed by atoms with van der Waals surface area (Å²) in [5, 5.41) is 0. The molecule has 1 aliphatic rings. The lowest BCUT2D eigenvalue weighted by atomic mass is 9.99. The first kappa shape index (κ1) is 45.3. The lowest BCUT2D eigenvalue weighted by molar-refractivity contribution is 0.200. The molecule has 0 saturated carbocycles. The number of rotatable bonds is 14. The highest BCUT2D eigenvalue weighted by molar-refractivity contribution is 9.10. The van der Waals surface area contributed by atoms with E-state index >= 15 is 0 Å². The molecule has 1 saturated heterocycles. The quantitative estimate of drug-likeness (QED) is 0.108. The number of anilines is 1. The molecule has 3 heterocycles. The van der Waals surface area contributed by atoms with Crippen molar-refractivity contribution >= 4 is 58.8 Å². The molecule has 14 heteroatoms. The summed E-state index contributed by atoms with van der Waals surface area (Å²) in [6.45, 7) is 3.50. The number of methoxy groups -OCH3 is 6. The summed E-state index contributed by atoms with van der Waals surface area (Å²) in [7, 11) is 9.72. The van der Waals surface area contributed by atoms with Gasteiger partial charge in [0.15, 0.2) is 23.0 Å². The van der Waals surface area contributed by atoms with Gasteiger partial charge in [-0.05, 0) is 96.3 Å². The van der Waals surface area contributed by atoms with Crippen LogP contribution in [-0.4, -0.2) is 76.7 Å². The molecule has 1 fully saturated rings. The molecule has 6 rings (SSSR count). The van der Waals surface area contributed by atoms with E-state index in [0.29, 0.717) is 40.5 Å². The predicted octanol–water partition coefficient (Wildman–Crippen LogP) is 9.56. The third-order valence-electron chi connectivity index (χ3n) is 9.49. The van der Waals surface area contributed by atoms with Crippen LogP contribution in [0.3, 0.4) is 0 Å².